The Bertz CT molecular complexity index is 521. The number of aliphatic hydroxyl groups excluding tert-OH is 1. The minimum Gasteiger partial charge on any atom is -0.392 e. The molecule has 0 aliphatic heterocycles. The van der Waals surface area contributed by atoms with Gasteiger partial charge in [0.05, 0.1) is 11.8 Å². The van der Waals surface area contributed by atoms with Gasteiger partial charge in [0, 0.05) is 25.0 Å². The topological polar surface area (TPSA) is 50.1 Å². The molecule has 1 fully saturated rings. The summed E-state index contributed by atoms with van der Waals surface area (Å²) >= 11 is 0. The average molecular weight is 271 g/mol. The quantitative estimate of drug-likeness (QED) is 0.897. The molecule has 1 heterocycles. The zero-order valence-corrected chi connectivity index (χ0v) is 11.6. The Hall–Kier alpha value is -1.65. The maximum atomic E-state index is 9.94. The summed E-state index contributed by atoms with van der Waals surface area (Å²) in [7, 11) is 0. The third kappa shape index (κ3) is 3.08. The van der Waals surface area contributed by atoms with Gasteiger partial charge in [0.25, 0.3) is 0 Å². The molecule has 3 rings (SSSR count). The fourth-order valence-corrected chi connectivity index (χ4v) is 2.79. The maximum Gasteiger partial charge on any atom is 0.0693 e. The number of hydrogen-bond donors (Lipinski definition) is 2. The van der Waals surface area contributed by atoms with Gasteiger partial charge in [0.15, 0.2) is 0 Å². The van der Waals surface area contributed by atoms with Crippen LogP contribution in [0.3, 0.4) is 0 Å². The summed E-state index contributed by atoms with van der Waals surface area (Å²) in [6.07, 6.45) is 7.89. The van der Waals surface area contributed by atoms with E-state index < -0.39 is 0 Å². The molecule has 1 saturated carbocycles. The lowest BCUT2D eigenvalue weighted by Crippen LogP contribution is -2.41. The highest BCUT2D eigenvalue weighted by molar-refractivity contribution is 5.33. The van der Waals surface area contributed by atoms with E-state index >= 15 is 0 Å². The van der Waals surface area contributed by atoms with Gasteiger partial charge in [-0.1, -0.05) is 25.0 Å². The predicted octanol–water partition coefficient (Wildman–Crippen LogP) is 2.27. The van der Waals surface area contributed by atoms with Crippen molar-refractivity contribution in [2.24, 2.45) is 0 Å². The Balaban J connectivity index is 1.58. The van der Waals surface area contributed by atoms with Crippen molar-refractivity contribution in [3.05, 3.63) is 48.3 Å². The van der Waals surface area contributed by atoms with E-state index in [9.17, 15) is 5.11 Å². The van der Waals surface area contributed by atoms with E-state index in [1.54, 1.807) is 6.20 Å². The van der Waals surface area contributed by atoms with Crippen molar-refractivity contribution in [1.82, 2.24) is 15.1 Å². The SMILES string of the molecule is OC1CCCCC1NCc1ccc(-n2cccn2)cc1. The van der Waals surface area contributed by atoms with Gasteiger partial charge in [-0.2, -0.15) is 5.10 Å². The first-order chi connectivity index (χ1) is 9.83. The third-order valence-electron chi connectivity index (χ3n) is 4.00. The maximum absolute atomic E-state index is 9.94. The highest BCUT2D eigenvalue weighted by Gasteiger charge is 2.21. The van der Waals surface area contributed by atoms with Crippen LogP contribution in [0.15, 0.2) is 42.7 Å². The molecule has 4 nitrogen and oxygen atoms in total. The fraction of sp³-hybridized carbons (Fsp3) is 0.438. The second-order valence-corrected chi connectivity index (χ2v) is 5.46. The van der Waals surface area contributed by atoms with Crippen molar-refractivity contribution >= 4 is 0 Å². The molecule has 2 aromatic rings. The second-order valence-electron chi connectivity index (χ2n) is 5.46. The van der Waals surface area contributed by atoms with Crippen molar-refractivity contribution in [2.45, 2.75) is 44.4 Å². The number of hydrogen-bond acceptors (Lipinski definition) is 3. The summed E-state index contributed by atoms with van der Waals surface area (Å²) in [4.78, 5) is 0. The molecule has 0 spiro atoms. The Morgan fingerprint density at radius 2 is 2.00 bits per heavy atom. The molecule has 0 amide bonds. The molecule has 1 aromatic heterocycles. The fourth-order valence-electron chi connectivity index (χ4n) is 2.79. The van der Waals surface area contributed by atoms with E-state index in [4.69, 9.17) is 0 Å². The van der Waals surface area contributed by atoms with E-state index in [1.165, 1.54) is 12.0 Å². The van der Waals surface area contributed by atoms with E-state index in [0.29, 0.717) is 0 Å². The van der Waals surface area contributed by atoms with Crippen LogP contribution < -0.4 is 5.32 Å². The van der Waals surface area contributed by atoms with Gasteiger partial charge >= 0.3 is 0 Å². The van der Waals surface area contributed by atoms with Gasteiger partial charge in [-0.05, 0) is 36.6 Å². The van der Waals surface area contributed by atoms with Crippen LogP contribution in [-0.2, 0) is 6.54 Å². The van der Waals surface area contributed by atoms with E-state index in [0.717, 1.165) is 31.5 Å². The lowest BCUT2D eigenvalue weighted by molar-refractivity contribution is 0.0902. The zero-order valence-electron chi connectivity index (χ0n) is 11.6. The summed E-state index contributed by atoms with van der Waals surface area (Å²) in [5.41, 5.74) is 2.30. The predicted molar refractivity (Wildman–Crippen MR) is 78.7 cm³/mol. The first kappa shape index (κ1) is 13.3. The highest BCUT2D eigenvalue weighted by atomic mass is 16.3. The molecular weight excluding hydrogens is 250 g/mol. The summed E-state index contributed by atoms with van der Waals surface area (Å²) in [5, 5.41) is 17.6. The molecule has 1 aliphatic carbocycles. The smallest absolute Gasteiger partial charge is 0.0693 e. The average Bonchev–Trinajstić information content (AvgIpc) is 3.01. The highest BCUT2D eigenvalue weighted by Crippen LogP contribution is 2.19. The molecule has 0 radical (unpaired) electrons. The lowest BCUT2D eigenvalue weighted by atomic mass is 9.92. The molecule has 20 heavy (non-hydrogen) atoms. The van der Waals surface area contributed by atoms with Gasteiger partial charge in [-0.25, -0.2) is 4.68 Å². The summed E-state index contributed by atoms with van der Waals surface area (Å²) in [6, 6.07) is 10.5. The first-order valence-electron chi connectivity index (χ1n) is 7.33. The van der Waals surface area contributed by atoms with E-state index in [1.807, 2.05) is 16.9 Å². The number of nitrogens with one attached hydrogen (secondary N) is 1. The normalized spacial score (nSPS) is 22.9. The van der Waals surface area contributed by atoms with Crippen LogP contribution >= 0.6 is 0 Å². The molecule has 2 N–H and O–H groups in total. The van der Waals surface area contributed by atoms with Crippen molar-refractivity contribution in [2.75, 3.05) is 0 Å². The molecule has 2 atom stereocenters. The number of benzene rings is 1. The van der Waals surface area contributed by atoms with Gasteiger partial charge in [0.2, 0.25) is 0 Å². The first-order valence-corrected chi connectivity index (χ1v) is 7.33. The van der Waals surface area contributed by atoms with Crippen LogP contribution in [0, 0.1) is 0 Å². The summed E-state index contributed by atoms with van der Waals surface area (Å²) in [6.45, 7) is 0.807. The molecule has 106 valence electrons. The van der Waals surface area contributed by atoms with Crippen molar-refractivity contribution in [3.63, 3.8) is 0 Å². The minimum absolute atomic E-state index is 0.188. The van der Waals surface area contributed by atoms with Crippen molar-refractivity contribution < 1.29 is 5.11 Å². The van der Waals surface area contributed by atoms with Crippen molar-refractivity contribution in [3.8, 4) is 5.69 Å². The van der Waals surface area contributed by atoms with Crippen LogP contribution in [0.5, 0.6) is 0 Å². The minimum atomic E-state index is -0.188. The number of aliphatic hydroxyl groups is 1. The summed E-state index contributed by atoms with van der Waals surface area (Å²) in [5.74, 6) is 0. The Morgan fingerprint density at radius 3 is 2.70 bits per heavy atom. The van der Waals surface area contributed by atoms with E-state index in [-0.39, 0.29) is 12.1 Å². The zero-order chi connectivity index (χ0) is 13.8. The Labute approximate surface area is 119 Å². The van der Waals surface area contributed by atoms with E-state index in [2.05, 4.69) is 34.7 Å². The van der Waals surface area contributed by atoms with Crippen LogP contribution in [0.25, 0.3) is 5.69 Å². The van der Waals surface area contributed by atoms with Crippen LogP contribution in [0.2, 0.25) is 0 Å². The molecule has 1 aliphatic rings. The monoisotopic (exact) mass is 271 g/mol. The molecule has 0 saturated heterocycles. The van der Waals surface area contributed by atoms with Gasteiger partial charge in [0.1, 0.15) is 0 Å². The van der Waals surface area contributed by atoms with Crippen LogP contribution in [0.4, 0.5) is 0 Å². The lowest BCUT2D eigenvalue weighted by Gasteiger charge is -2.28. The Morgan fingerprint density at radius 1 is 1.20 bits per heavy atom. The number of aromatic nitrogens is 2. The largest absolute Gasteiger partial charge is 0.392 e. The molecular formula is C16H21N3O. The second kappa shape index (κ2) is 6.20. The Kier molecular flexibility index (Phi) is 4.14. The van der Waals surface area contributed by atoms with Crippen LogP contribution in [-0.4, -0.2) is 27.0 Å². The number of nitrogens with zero attached hydrogens (tertiary/aromatic N) is 2. The van der Waals surface area contributed by atoms with Crippen LogP contribution in [0.1, 0.15) is 31.2 Å². The molecule has 4 heteroatoms. The summed E-state index contributed by atoms with van der Waals surface area (Å²) < 4.78 is 1.85. The van der Waals surface area contributed by atoms with Gasteiger partial charge in [-0.15, -0.1) is 0 Å². The molecule has 1 aromatic carbocycles. The third-order valence-corrected chi connectivity index (χ3v) is 4.00. The number of rotatable bonds is 4. The van der Waals surface area contributed by atoms with Crippen molar-refractivity contribution in [1.29, 1.82) is 0 Å². The standard InChI is InChI=1S/C16H21N3O/c20-16-5-2-1-4-15(16)17-12-13-6-8-14(9-7-13)19-11-3-10-18-19/h3,6-11,15-17,20H,1-2,4-5,12H2. The molecule has 2 unspecified atom stereocenters. The van der Waals surface area contributed by atoms with Gasteiger partial charge in [-0.3, -0.25) is 0 Å². The molecule has 0 bridgehead atoms. The van der Waals surface area contributed by atoms with Gasteiger partial charge < -0.3 is 10.4 Å².